The van der Waals surface area contributed by atoms with Crippen LogP contribution in [-0.2, 0) is 4.79 Å². The van der Waals surface area contributed by atoms with E-state index in [0.717, 1.165) is 34.6 Å². The molecule has 0 saturated heterocycles. The van der Waals surface area contributed by atoms with Gasteiger partial charge in [-0.2, -0.15) is 0 Å². The van der Waals surface area contributed by atoms with Gasteiger partial charge in [0.05, 0.1) is 17.4 Å². The van der Waals surface area contributed by atoms with E-state index in [0.29, 0.717) is 6.42 Å². The van der Waals surface area contributed by atoms with Crippen molar-refractivity contribution in [3.63, 3.8) is 0 Å². The molecule has 0 spiro atoms. The van der Waals surface area contributed by atoms with Crippen LogP contribution in [0.4, 0.5) is 11.4 Å². The van der Waals surface area contributed by atoms with E-state index in [1.54, 1.807) is 0 Å². The maximum atomic E-state index is 12.4. The van der Waals surface area contributed by atoms with Crippen molar-refractivity contribution in [2.45, 2.75) is 18.9 Å². The van der Waals surface area contributed by atoms with Gasteiger partial charge < -0.3 is 10.6 Å². The first kappa shape index (κ1) is 12.2. The molecule has 0 amide bonds. The van der Waals surface area contributed by atoms with Crippen LogP contribution in [0.15, 0.2) is 65.9 Å². The SMILES string of the molecule is O=C1CCC2=C1C(c1ccccc1)Nc1ccccc1N2. The molecule has 0 radical (unpaired) electrons. The van der Waals surface area contributed by atoms with E-state index in [2.05, 4.69) is 22.8 Å². The third-order valence-electron chi connectivity index (χ3n) is 4.16. The van der Waals surface area contributed by atoms with Gasteiger partial charge in [0.2, 0.25) is 0 Å². The van der Waals surface area contributed by atoms with Gasteiger partial charge in [-0.1, -0.05) is 42.5 Å². The minimum atomic E-state index is -0.0765. The number of para-hydroxylation sites is 2. The molecule has 0 aromatic heterocycles. The molecule has 3 heteroatoms. The fraction of sp³-hybridized carbons (Fsp3) is 0.167. The molecule has 1 heterocycles. The Bertz CT molecular complexity index is 734. The Kier molecular flexibility index (Phi) is 2.78. The molecule has 104 valence electrons. The molecule has 1 aliphatic carbocycles. The fourth-order valence-electron chi connectivity index (χ4n) is 3.14. The first-order valence-corrected chi connectivity index (χ1v) is 7.27. The summed E-state index contributed by atoms with van der Waals surface area (Å²) in [6, 6.07) is 18.2. The zero-order valence-electron chi connectivity index (χ0n) is 11.6. The molecule has 3 nitrogen and oxygen atoms in total. The molecule has 2 aromatic carbocycles. The van der Waals surface area contributed by atoms with Crippen LogP contribution >= 0.6 is 0 Å². The molecule has 2 N–H and O–H groups in total. The Labute approximate surface area is 123 Å². The lowest BCUT2D eigenvalue weighted by molar-refractivity contribution is -0.115. The van der Waals surface area contributed by atoms with Crippen molar-refractivity contribution in [2.24, 2.45) is 0 Å². The average Bonchev–Trinajstić information content (AvgIpc) is 2.80. The van der Waals surface area contributed by atoms with Crippen molar-refractivity contribution in [1.82, 2.24) is 0 Å². The van der Waals surface area contributed by atoms with E-state index in [9.17, 15) is 4.79 Å². The predicted octanol–water partition coefficient (Wildman–Crippen LogP) is 3.88. The molecule has 2 aliphatic rings. The van der Waals surface area contributed by atoms with Gasteiger partial charge in [0.15, 0.2) is 5.78 Å². The minimum Gasteiger partial charge on any atom is -0.372 e. The van der Waals surface area contributed by atoms with Crippen LogP contribution in [0.2, 0.25) is 0 Å². The lowest BCUT2D eigenvalue weighted by Crippen LogP contribution is -2.16. The summed E-state index contributed by atoms with van der Waals surface area (Å²) in [5.41, 5.74) is 5.15. The molecule has 1 aliphatic heterocycles. The summed E-state index contributed by atoms with van der Waals surface area (Å²) in [5, 5.41) is 6.98. The zero-order valence-corrected chi connectivity index (χ0v) is 11.6. The Morgan fingerprint density at radius 2 is 1.57 bits per heavy atom. The number of carbonyl (C=O) groups is 1. The minimum absolute atomic E-state index is 0.0765. The fourth-order valence-corrected chi connectivity index (χ4v) is 3.14. The molecule has 1 unspecified atom stereocenters. The van der Waals surface area contributed by atoms with E-state index < -0.39 is 0 Å². The number of allylic oxidation sites excluding steroid dienone is 1. The Morgan fingerprint density at radius 3 is 2.38 bits per heavy atom. The van der Waals surface area contributed by atoms with E-state index in [1.807, 2.05) is 42.5 Å². The second kappa shape index (κ2) is 4.77. The van der Waals surface area contributed by atoms with Gasteiger partial charge in [0.1, 0.15) is 0 Å². The highest BCUT2D eigenvalue weighted by Crippen LogP contribution is 2.40. The molecule has 2 aromatic rings. The highest BCUT2D eigenvalue weighted by Gasteiger charge is 2.33. The molecule has 0 fully saturated rings. The summed E-state index contributed by atoms with van der Waals surface area (Å²) in [4.78, 5) is 12.4. The third-order valence-corrected chi connectivity index (χ3v) is 4.16. The number of fused-ring (bicyclic) bond motifs is 1. The summed E-state index contributed by atoms with van der Waals surface area (Å²) in [5.74, 6) is 0.242. The number of hydrogen-bond acceptors (Lipinski definition) is 3. The van der Waals surface area contributed by atoms with Crippen molar-refractivity contribution < 1.29 is 4.79 Å². The van der Waals surface area contributed by atoms with Crippen LogP contribution in [0.3, 0.4) is 0 Å². The lowest BCUT2D eigenvalue weighted by atomic mass is 9.96. The summed E-state index contributed by atoms with van der Waals surface area (Å²) >= 11 is 0. The van der Waals surface area contributed by atoms with E-state index in [1.165, 1.54) is 0 Å². The molecular weight excluding hydrogens is 260 g/mol. The highest BCUT2D eigenvalue weighted by atomic mass is 16.1. The zero-order chi connectivity index (χ0) is 14.2. The number of carbonyl (C=O) groups excluding carboxylic acids is 1. The molecule has 0 saturated carbocycles. The van der Waals surface area contributed by atoms with Crippen LogP contribution in [0, 0.1) is 0 Å². The highest BCUT2D eigenvalue weighted by molar-refractivity contribution is 6.02. The number of ketones is 1. The number of benzene rings is 2. The number of anilines is 2. The van der Waals surface area contributed by atoms with E-state index in [4.69, 9.17) is 0 Å². The van der Waals surface area contributed by atoms with Crippen LogP contribution in [0.5, 0.6) is 0 Å². The largest absolute Gasteiger partial charge is 0.372 e. The summed E-state index contributed by atoms with van der Waals surface area (Å²) < 4.78 is 0. The van der Waals surface area contributed by atoms with Crippen LogP contribution in [-0.4, -0.2) is 5.78 Å². The second-order valence-corrected chi connectivity index (χ2v) is 5.47. The Morgan fingerprint density at radius 1 is 0.857 bits per heavy atom. The quantitative estimate of drug-likeness (QED) is 0.830. The van der Waals surface area contributed by atoms with Crippen molar-refractivity contribution in [3.05, 3.63) is 71.4 Å². The predicted molar refractivity (Wildman–Crippen MR) is 84.1 cm³/mol. The normalized spacial score (nSPS) is 20.2. The first-order chi connectivity index (χ1) is 10.3. The molecular formula is C18H16N2O. The van der Waals surface area contributed by atoms with Crippen molar-refractivity contribution in [1.29, 1.82) is 0 Å². The standard InChI is InChI=1S/C18H16N2O/c21-16-11-10-15-17(16)18(12-6-2-1-3-7-12)20-14-9-5-4-8-13(14)19-15/h1-9,18-20H,10-11H2. The average molecular weight is 276 g/mol. The lowest BCUT2D eigenvalue weighted by Gasteiger charge is -2.20. The van der Waals surface area contributed by atoms with Gasteiger partial charge in [0, 0.05) is 17.7 Å². The van der Waals surface area contributed by atoms with Crippen LogP contribution < -0.4 is 10.6 Å². The molecule has 21 heavy (non-hydrogen) atoms. The number of rotatable bonds is 1. The topological polar surface area (TPSA) is 41.1 Å². The van der Waals surface area contributed by atoms with Gasteiger partial charge >= 0.3 is 0 Å². The Balaban J connectivity index is 1.87. The van der Waals surface area contributed by atoms with Crippen molar-refractivity contribution >= 4 is 17.2 Å². The Hall–Kier alpha value is -2.55. The molecule has 4 rings (SSSR count). The van der Waals surface area contributed by atoms with E-state index in [-0.39, 0.29) is 11.8 Å². The van der Waals surface area contributed by atoms with Gasteiger partial charge in [-0.05, 0) is 24.1 Å². The maximum absolute atomic E-state index is 12.4. The summed E-state index contributed by atoms with van der Waals surface area (Å²) in [7, 11) is 0. The third kappa shape index (κ3) is 2.02. The van der Waals surface area contributed by atoms with Gasteiger partial charge in [0.25, 0.3) is 0 Å². The van der Waals surface area contributed by atoms with Gasteiger partial charge in [-0.15, -0.1) is 0 Å². The molecule has 0 bridgehead atoms. The number of hydrogen-bond donors (Lipinski definition) is 2. The second-order valence-electron chi connectivity index (χ2n) is 5.47. The van der Waals surface area contributed by atoms with Crippen LogP contribution in [0.1, 0.15) is 24.4 Å². The van der Waals surface area contributed by atoms with Crippen LogP contribution in [0.25, 0.3) is 0 Å². The summed E-state index contributed by atoms with van der Waals surface area (Å²) in [6.45, 7) is 0. The molecule has 1 atom stereocenters. The summed E-state index contributed by atoms with van der Waals surface area (Å²) in [6.07, 6.45) is 1.40. The van der Waals surface area contributed by atoms with Crippen molar-refractivity contribution in [3.8, 4) is 0 Å². The van der Waals surface area contributed by atoms with E-state index >= 15 is 0 Å². The maximum Gasteiger partial charge on any atom is 0.163 e. The number of Topliss-reactive ketones (excluding diaryl/α,β-unsaturated/α-hetero) is 1. The number of nitrogens with one attached hydrogen (secondary N) is 2. The smallest absolute Gasteiger partial charge is 0.163 e. The monoisotopic (exact) mass is 276 g/mol. The first-order valence-electron chi connectivity index (χ1n) is 7.27. The van der Waals surface area contributed by atoms with Gasteiger partial charge in [-0.25, -0.2) is 0 Å². The van der Waals surface area contributed by atoms with Crippen molar-refractivity contribution in [2.75, 3.05) is 10.6 Å². The van der Waals surface area contributed by atoms with Gasteiger partial charge in [-0.3, -0.25) is 4.79 Å².